The number of carbonyl (C=O) groups is 1. The molecule has 3 nitrogen and oxygen atoms in total. The van der Waals surface area contributed by atoms with Crippen LogP contribution in [0.2, 0.25) is 0 Å². The molecular formula is C23H26N2O. The number of aryl methyl sites for hydroxylation is 2. The van der Waals surface area contributed by atoms with E-state index in [2.05, 4.69) is 11.4 Å². The number of nitriles is 1. The minimum Gasteiger partial charge on any atom is -0.324 e. The molecule has 0 bridgehead atoms. The molecule has 0 aromatic heterocycles. The Morgan fingerprint density at radius 3 is 2.27 bits per heavy atom. The van der Waals surface area contributed by atoms with E-state index < -0.39 is 0 Å². The second-order valence-corrected chi connectivity index (χ2v) is 7.68. The number of rotatable bonds is 3. The average Bonchev–Trinajstić information content (AvgIpc) is 2.56. The molecule has 1 N–H and O–H groups in total. The zero-order valence-electron chi connectivity index (χ0n) is 16.4. The zero-order chi connectivity index (χ0) is 19.5. The van der Waals surface area contributed by atoms with Gasteiger partial charge in [-0.05, 0) is 43.5 Å². The minimum absolute atomic E-state index is 0.184. The van der Waals surface area contributed by atoms with Crippen LogP contribution in [0.1, 0.15) is 53.4 Å². The molecule has 26 heavy (non-hydrogen) atoms. The largest absolute Gasteiger partial charge is 0.324 e. The zero-order valence-corrected chi connectivity index (χ0v) is 16.4. The van der Waals surface area contributed by atoms with Gasteiger partial charge in [0.15, 0.2) is 0 Å². The molecular weight excluding hydrogens is 320 g/mol. The molecule has 0 atom stereocenters. The van der Waals surface area contributed by atoms with Gasteiger partial charge in [0, 0.05) is 16.7 Å². The first-order valence-corrected chi connectivity index (χ1v) is 8.74. The van der Waals surface area contributed by atoms with E-state index in [0.29, 0.717) is 16.8 Å². The third kappa shape index (κ3) is 4.21. The van der Waals surface area contributed by atoms with Crippen LogP contribution in [0.25, 0.3) is 5.57 Å². The highest BCUT2D eigenvalue weighted by Crippen LogP contribution is 2.31. The van der Waals surface area contributed by atoms with Gasteiger partial charge in [-0.1, -0.05) is 62.7 Å². The van der Waals surface area contributed by atoms with Gasteiger partial charge in [-0.15, -0.1) is 0 Å². The van der Waals surface area contributed by atoms with E-state index in [9.17, 15) is 10.1 Å². The molecule has 134 valence electrons. The lowest BCUT2D eigenvalue weighted by Crippen LogP contribution is -2.31. The van der Waals surface area contributed by atoms with E-state index in [1.54, 1.807) is 0 Å². The lowest BCUT2D eigenvalue weighted by atomic mass is 9.86. The van der Waals surface area contributed by atoms with E-state index in [0.717, 1.165) is 22.3 Å². The van der Waals surface area contributed by atoms with Gasteiger partial charge in [0.1, 0.15) is 6.07 Å². The van der Waals surface area contributed by atoms with Crippen molar-refractivity contribution in [2.75, 3.05) is 0 Å². The van der Waals surface area contributed by atoms with Gasteiger partial charge in [-0.2, -0.15) is 5.26 Å². The molecule has 0 spiro atoms. The van der Waals surface area contributed by atoms with Crippen molar-refractivity contribution in [3.8, 4) is 6.07 Å². The molecule has 0 aliphatic heterocycles. The Morgan fingerprint density at radius 2 is 1.69 bits per heavy atom. The van der Waals surface area contributed by atoms with Gasteiger partial charge in [0.25, 0.3) is 5.91 Å². The summed E-state index contributed by atoms with van der Waals surface area (Å²) in [5, 5.41) is 12.9. The predicted molar refractivity (Wildman–Crippen MR) is 107 cm³/mol. The highest BCUT2D eigenvalue weighted by atomic mass is 16.1. The van der Waals surface area contributed by atoms with Crippen LogP contribution in [0, 0.1) is 37.5 Å². The number of benzene rings is 2. The lowest BCUT2D eigenvalue weighted by molar-refractivity contribution is 0.0957. The Bertz CT molecular complexity index is 909. The summed E-state index contributed by atoms with van der Waals surface area (Å²) in [5.41, 5.74) is 5.29. The van der Waals surface area contributed by atoms with Crippen LogP contribution >= 0.6 is 0 Å². The lowest BCUT2D eigenvalue weighted by Gasteiger charge is -2.26. The normalized spacial score (nSPS) is 12.2. The van der Waals surface area contributed by atoms with Crippen molar-refractivity contribution in [1.82, 2.24) is 5.32 Å². The van der Waals surface area contributed by atoms with Crippen molar-refractivity contribution in [2.45, 2.75) is 41.5 Å². The van der Waals surface area contributed by atoms with Gasteiger partial charge in [0.05, 0.1) is 5.57 Å². The molecule has 0 heterocycles. The minimum atomic E-state index is -0.387. The number of allylic oxidation sites excluding steroid dienone is 2. The molecule has 3 heteroatoms. The fourth-order valence-electron chi connectivity index (χ4n) is 2.87. The summed E-state index contributed by atoms with van der Waals surface area (Å²) < 4.78 is 0. The van der Waals surface area contributed by atoms with E-state index in [-0.39, 0.29) is 11.3 Å². The van der Waals surface area contributed by atoms with Crippen LogP contribution in [-0.4, -0.2) is 5.91 Å². The number of amides is 1. The quantitative estimate of drug-likeness (QED) is 0.764. The first-order valence-electron chi connectivity index (χ1n) is 8.74. The number of nitrogens with one attached hydrogen (secondary N) is 1. The summed E-state index contributed by atoms with van der Waals surface area (Å²) in [7, 11) is 0. The second-order valence-electron chi connectivity index (χ2n) is 7.68. The first kappa shape index (κ1) is 19.5. The molecule has 0 aliphatic carbocycles. The van der Waals surface area contributed by atoms with Crippen LogP contribution < -0.4 is 5.32 Å². The average molecular weight is 346 g/mol. The fourth-order valence-corrected chi connectivity index (χ4v) is 2.87. The fraction of sp³-hybridized carbons (Fsp3) is 0.304. The van der Waals surface area contributed by atoms with Crippen LogP contribution in [0.5, 0.6) is 0 Å². The van der Waals surface area contributed by atoms with Crippen molar-refractivity contribution < 1.29 is 4.79 Å². The molecule has 0 saturated carbocycles. The maximum absolute atomic E-state index is 12.9. The third-order valence-electron chi connectivity index (χ3n) is 4.51. The monoisotopic (exact) mass is 346 g/mol. The molecule has 0 saturated heterocycles. The molecule has 1 amide bonds. The number of nitrogens with zero attached hydrogens (tertiary/aromatic N) is 1. The highest BCUT2D eigenvalue weighted by Gasteiger charge is 2.25. The predicted octanol–water partition coefficient (Wildman–Crippen LogP) is 5.32. The maximum Gasteiger partial charge on any atom is 0.255 e. The number of hydrogen-bond acceptors (Lipinski definition) is 2. The van der Waals surface area contributed by atoms with E-state index in [1.807, 2.05) is 84.0 Å². The Kier molecular flexibility index (Phi) is 5.67. The SMILES string of the molecule is Cc1cccc(/C(C#N)=C(\NC(=O)c2cccc(C)c2C)C(C)(C)C)c1. The molecule has 2 aromatic carbocycles. The van der Waals surface area contributed by atoms with Crippen LogP contribution in [0.15, 0.2) is 48.2 Å². The summed E-state index contributed by atoms with van der Waals surface area (Å²) in [5.74, 6) is -0.184. The standard InChI is InChI=1S/C23H26N2O/c1-15-9-7-11-18(13-15)20(14-24)21(23(4,5)6)25-22(26)19-12-8-10-16(2)17(19)3/h7-13H,1-6H3,(H,25,26)/b21-20-. The molecule has 0 unspecified atom stereocenters. The Hall–Kier alpha value is -2.86. The maximum atomic E-state index is 12.9. The number of hydrogen-bond donors (Lipinski definition) is 1. The Labute approximate surface area is 156 Å². The van der Waals surface area contributed by atoms with E-state index >= 15 is 0 Å². The Balaban J connectivity index is 2.56. The van der Waals surface area contributed by atoms with Crippen molar-refractivity contribution in [3.63, 3.8) is 0 Å². The topological polar surface area (TPSA) is 52.9 Å². The van der Waals surface area contributed by atoms with Gasteiger partial charge < -0.3 is 5.32 Å². The third-order valence-corrected chi connectivity index (χ3v) is 4.51. The van der Waals surface area contributed by atoms with Gasteiger partial charge in [0.2, 0.25) is 0 Å². The highest BCUT2D eigenvalue weighted by molar-refractivity contribution is 5.98. The smallest absolute Gasteiger partial charge is 0.255 e. The molecule has 0 aliphatic rings. The Morgan fingerprint density at radius 1 is 1.04 bits per heavy atom. The van der Waals surface area contributed by atoms with Crippen molar-refractivity contribution in [3.05, 3.63) is 76.0 Å². The van der Waals surface area contributed by atoms with E-state index in [1.165, 1.54) is 0 Å². The van der Waals surface area contributed by atoms with Crippen LogP contribution in [-0.2, 0) is 0 Å². The van der Waals surface area contributed by atoms with Gasteiger partial charge in [-0.25, -0.2) is 0 Å². The number of carbonyl (C=O) groups excluding carboxylic acids is 1. The molecule has 2 aromatic rings. The summed E-state index contributed by atoms with van der Waals surface area (Å²) in [6, 6.07) is 15.8. The molecule has 0 fully saturated rings. The molecule has 0 radical (unpaired) electrons. The van der Waals surface area contributed by atoms with Crippen LogP contribution in [0.4, 0.5) is 0 Å². The molecule has 2 rings (SSSR count). The van der Waals surface area contributed by atoms with E-state index in [4.69, 9.17) is 0 Å². The summed E-state index contributed by atoms with van der Waals surface area (Å²) >= 11 is 0. The summed E-state index contributed by atoms with van der Waals surface area (Å²) in [6.45, 7) is 11.9. The van der Waals surface area contributed by atoms with Crippen LogP contribution in [0.3, 0.4) is 0 Å². The second kappa shape index (κ2) is 7.58. The summed E-state index contributed by atoms with van der Waals surface area (Å²) in [4.78, 5) is 12.9. The van der Waals surface area contributed by atoms with Gasteiger partial charge in [-0.3, -0.25) is 4.79 Å². The van der Waals surface area contributed by atoms with Crippen molar-refractivity contribution in [2.24, 2.45) is 5.41 Å². The van der Waals surface area contributed by atoms with Gasteiger partial charge >= 0.3 is 0 Å². The van der Waals surface area contributed by atoms with Crippen molar-refractivity contribution in [1.29, 1.82) is 5.26 Å². The first-order chi connectivity index (χ1) is 12.1. The summed E-state index contributed by atoms with van der Waals surface area (Å²) in [6.07, 6.45) is 0. The van der Waals surface area contributed by atoms with Crippen molar-refractivity contribution >= 4 is 11.5 Å².